The van der Waals surface area contributed by atoms with E-state index in [9.17, 15) is 22.8 Å². The fourth-order valence-corrected chi connectivity index (χ4v) is 2.65. The zero-order valence-corrected chi connectivity index (χ0v) is 14.8. The van der Waals surface area contributed by atoms with E-state index < -0.39 is 17.8 Å². The Labute approximate surface area is 155 Å². The lowest BCUT2D eigenvalue weighted by molar-refractivity contribution is -0.137. The van der Waals surface area contributed by atoms with Gasteiger partial charge in [0.15, 0.2) is 0 Å². The molecule has 2 aromatic carbocycles. The highest BCUT2D eigenvalue weighted by Crippen LogP contribution is 2.29. The molecule has 0 aliphatic carbocycles. The topological polar surface area (TPSA) is 58.2 Å². The van der Waals surface area contributed by atoms with Crippen molar-refractivity contribution in [2.75, 3.05) is 6.54 Å². The van der Waals surface area contributed by atoms with Crippen molar-refractivity contribution in [3.63, 3.8) is 0 Å². The third-order valence-electron chi connectivity index (χ3n) is 3.99. The molecule has 0 radical (unpaired) electrons. The molecule has 0 unspecified atom stereocenters. The average Bonchev–Trinajstić information content (AvgIpc) is 2.61. The summed E-state index contributed by atoms with van der Waals surface area (Å²) in [4.78, 5) is 23.6. The molecular weight excluding hydrogens is 357 g/mol. The molecule has 144 valence electrons. The standard InChI is InChI=1S/C20H21F3N2O2/c1-14(26)25-18(16-5-3-2-4-6-16)13-19(27)24-12-11-15-7-9-17(10-8-15)20(21,22)23/h2-10,18H,11-13H2,1H3,(H,24,27)(H,25,26)/t18-/m1/s1. The number of rotatable bonds is 7. The summed E-state index contributed by atoms with van der Waals surface area (Å²) in [7, 11) is 0. The molecule has 0 saturated heterocycles. The second-order valence-corrected chi connectivity index (χ2v) is 6.16. The summed E-state index contributed by atoms with van der Waals surface area (Å²) < 4.78 is 37.6. The van der Waals surface area contributed by atoms with E-state index in [2.05, 4.69) is 10.6 Å². The largest absolute Gasteiger partial charge is 0.416 e. The van der Waals surface area contributed by atoms with Crippen molar-refractivity contribution in [1.29, 1.82) is 0 Å². The minimum Gasteiger partial charge on any atom is -0.356 e. The lowest BCUT2D eigenvalue weighted by Gasteiger charge is -2.18. The summed E-state index contributed by atoms with van der Waals surface area (Å²) in [6.07, 6.45) is -3.86. The highest BCUT2D eigenvalue weighted by molar-refractivity contribution is 5.79. The molecule has 27 heavy (non-hydrogen) atoms. The van der Waals surface area contributed by atoms with Crippen LogP contribution < -0.4 is 10.6 Å². The van der Waals surface area contributed by atoms with Gasteiger partial charge in [-0.3, -0.25) is 9.59 Å². The van der Waals surface area contributed by atoms with Gasteiger partial charge >= 0.3 is 6.18 Å². The lowest BCUT2D eigenvalue weighted by Crippen LogP contribution is -2.33. The minimum atomic E-state index is -4.36. The molecule has 0 aliphatic rings. The zero-order chi connectivity index (χ0) is 19.9. The van der Waals surface area contributed by atoms with Crippen LogP contribution in [0.2, 0.25) is 0 Å². The molecule has 0 aliphatic heterocycles. The van der Waals surface area contributed by atoms with Crippen LogP contribution in [-0.2, 0) is 22.2 Å². The Bertz CT molecular complexity index is 759. The third-order valence-corrected chi connectivity index (χ3v) is 3.99. The molecule has 2 rings (SSSR count). The minimum absolute atomic E-state index is 0.0800. The van der Waals surface area contributed by atoms with Crippen LogP contribution in [0.5, 0.6) is 0 Å². The van der Waals surface area contributed by atoms with E-state index in [0.717, 1.165) is 17.7 Å². The molecule has 1 atom stereocenters. The maximum absolute atomic E-state index is 12.5. The van der Waals surface area contributed by atoms with E-state index in [1.54, 1.807) is 0 Å². The van der Waals surface area contributed by atoms with Gasteiger partial charge in [0.25, 0.3) is 0 Å². The van der Waals surface area contributed by atoms with Crippen LogP contribution in [0, 0.1) is 0 Å². The summed E-state index contributed by atoms with van der Waals surface area (Å²) in [5.74, 6) is -0.481. The van der Waals surface area contributed by atoms with E-state index in [0.29, 0.717) is 18.5 Å². The van der Waals surface area contributed by atoms with Crippen molar-refractivity contribution in [3.05, 3.63) is 71.3 Å². The first-order valence-electron chi connectivity index (χ1n) is 8.50. The van der Waals surface area contributed by atoms with Crippen LogP contribution in [0.25, 0.3) is 0 Å². The lowest BCUT2D eigenvalue weighted by atomic mass is 10.0. The Morgan fingerprint density at radius 3 is 2.19 bits per heavy atom. The summed E-state index contributed by atoms with van der Waals surface area (Å²) in [6.45, 7) is 1.68. The van der Waals surface area contributed by atoms with E-state index in [-0.39, 0.29) is 18.2 Å². The number of carbonyl (C=O) groups excluding carboxylic acids is 2. The fourth-order valence-electron chi connectivity index (χ4n) is 2.65. The van der Waals surface area contributed by atoms with E-state index in [1.807, 2.05) is 30.3 Å². The van der Waals surface area contributed by atoms with Crippen LogP contribution in [0.15, 0.2) is 54.6 Å². The van der Waals surface area contributed by atoms with E-state index in [1.165, 1.54) is 19.1 Å². The maximum atomic E-state index is 12.5. The van der Waals surface area contributed by atoms with E-state index in [4.69, 9.17) is 0 Å². The molecule has 0 aromatic heterocycles. The van der Waals surface area contributed by atoms with Crippen molar-refractivity contribution in [1.82, 2.24) is 10.6 Å². The summed E-state index contributed by atoms with van der Waals surface area (Å²) in [6, 6.07) is 13.6. The van der Waals surface area contributed by atoms with Gasteiger partial charge in [-0.25, -0.2) is 0 Å². The molecule has 4 nitrogen and oxygen atoms in total. The Morgan fingerprint density at radius 2 is 1.63 bits per heavy atom. The highest BCUT2D eigenvalue weighted by atomic mass is 19.4. The first-order chi connectivity index (χ1) is 12.8. The van der Waals surface area contributed by atoms with Crippen molar-refractivity contribution in [3.8, 4) is 0 Å². The van der Waals surface area contributed by atoms with Crippen LogP contribution in [0.1, 0.15) is 36.1 Å². The Hall–Kier alpha value is -2.83. The van der Waals surface area contributed by atoms with Crippen LogP contribution >= 0.6 is 0 Å². The average molecular weight is 378 g/mol. The summed E-state index contributed by atoms with van der Waals surface area (Å²) >= 11 is 0. The van der Waals surface area contributed by atoms with Gasteiger partial charge in [0.2, 0.25) is 11.8 Å². The van der Waals surface area contributed by atoms with Gasteiger partial charge in [0.05, 0.1) is 18.0 Å². The second kappa shape index (κ2) is 9.21. The predicted molar refractivity (Wildman–Crippen MR) is 95.8 cm³/mol. The van der Waals surface area contributed by atoms with Crippen molar-refractivity contribution < 1.29 is 22.8 Å². The van der Waals surface area contributed by atoms with Gasteiger partial charge in [-0.2, -0.15) is 13.2 Å². The zero-order valence-electron chi connectivity index (χ0n) is 14.8. The smallest absolute Gasteiger partial charge is 0.356 e. The molecule has 0 bridgehead atoms. The maximum Gasteiger partial charge on any atom is 0.416 e. The van der Waals surface area contributed by atoms with Gasteiger partial charge in [-0.15, -0.1) is 0 Å². The summed E-state index contributed by atoms with van der Waals surface area (Å²) in [5, 5.41) is 5.49. The quantitative estimate of drug-likeness (QED) is 0.773. The van der Waals surface area contributed by atoms with Crippen LogP contribution in [0.3, 0.4) is 0 Å². The number of carbonyl (C=O) groups is 2. The Balaban J connectivity index is 1.86. The van der Waals surface area contributed by atoms with Crippen molar-refractivity contribution >= 4 is 11.8 Å². The first kappa shape index (κ1) is 20.5. The van der Waals surface area contributed by atoms with Gasteiger partial charge in [-0.1, -0.05) is 42.5 Å². The normalized spacial score (nSPS) is 12.3. The predicted octanol–water partition coefficient (Wildman–Crippen LogP) is 3.63. The Kier molecular flexibility index (Phi) is 6.98. The second-order valence-electron chi connectivity index (χ2n) is 6.16. The Morgan fingerprint density at radius 1 is 1.00 bits per heavy atom. The van der Waals surface area contributed by atoms with Gasteiger partial charge < -0.3 is 10.6 Å². The number of halogens is 3. The number of nitrogens with one attached hydrogen (secondary N) is 2. The van der Waals surface area contributed by atoms with Crippen LogP contribution in [0.4, 0.5) is 13.2 Å². The number of hydrogen-bond donors (Lipinski definition) is 2. The molecule has 0 fully saturated rings. The van der Waals surface area contributed by atoms with Crippen molar-refractivity contribution in [2.24, 2.45) is 0 Å². The summed E-state index contributed by atoms with van der Waals surface area (Å²) in [5.41, 5.74) is 0.826. The van der Waals surface area contributed by atoms with Crippen molar-refractivity contribution in [2.45, 2.75) is 32.0 Å². The van der Waals surface area contributed by atoms with Gasteiger partial charge in [-0.05, 0) is 29.7 Å². The SMILES string of the molecule is CC(=O)N[C@H](CC(=O)NCCc1ccc(C(F)(F)F)cc1)c1ccccc1. The number of hydrogen-bond acceptors (Lipinski definition) is 2. The molecule has 0 saturated carbocycles. The van der Waals surface area contributed by atoms with Crippen LogP contribution in [-0.4, -0.2) is 18.4 Å². The van der Waals surface area contributed by atoms with Gasteiger partial charge in [0, 0.05) is 13.5 Å². The number of amides is 2. The third kappa shape index (κ3) is 6.77. The fraction of sp³-hybridized carbons (Fsp3) is 0.300. The first-order valence-corrected chi connectivity index (χ1v) is 8.50. The highest BCUT2D eigenvalue weighted by Gasteiger charge is 2.29. The molecular formula is C20H21F3N2O2. The molecule has 0 heterocycles. The van der Waals surface area contributed by atoms with Gasteiger partial charge in [0.1, 0.15) is 0 Å². The number of benzene rings is 2. The van der Waals surface area contributed by atoms with E-state index >= 15 is 0 Å². The molecule has 0 spiro atoms. The monoisotopic (exact) mass is 378 g/mol. The number of alkyl halides is 3. The molecule has 7 heteroatoms. The molecule has 2 aromatic rings. The molecule has 2 amide bonds. The molecule has 2 N–H and O–H groups in total.